The summed E-state index contributed by atoms with van der Waals surface area (Å²) in [4.78, 5) is 33.2. The molecule has 3 aliphatic rings. The van der Waals surface area contributed by atoms with Gasteiger partial charge in [0.2, 0.25) is 0 Å². The first-order valence-corrected chi connectivity index (χ1v) is 15.5. The van der Waals surface area contributed by atoms with E-state index in [-0.39, 0.29) is 30.8 Å². The van der Waals surface area contributed by atoms with Gasteiger partial charge < -0.3 is 24.7 Å². The third kappa shape index (κ3) is 6.67. The summed E-state index contributed by atoms with van der Waals surface area (Å²) in [6.45, 7) is 6.99. The smallest absolute Gasteiger partial charge is 0.303 e. The van der Waals surface area contributed by atoms with E-state index >= 15 is 0 Å². The number of anilines is 1. The lowest BCUT2D eigenvalue weighted by Gasteiger charge is -2.37. The van der Waals surface area contributed by atoms with E-state index in [2.05, 4.69) is 36.3 Å². The second kappa shape index (κ2) is 12.8. The maximum absolute atomic E-state index is 12.8. The largest absolute Gasteiger partial charge is 0.492 e. The SMILES string of the molecule is CC1=CC(C(=O)N(C)CCCO)=CCC1COc1ccc(C)cc1-c1csc(N2C[C@H]3CC[C@@H](C2)C3CC(=O)O)n1. The van der Waals surface area contributed by atoms with E-state index in [0.717, 1.165) is 65.6 Å². The van der Waals surface area contributed by atoms with Crippen LogP contribution < -0.4 is 9.64 Å². The Morgan fingerprint density at radius 2 is 1.95 bits per heavy atom. The van der Waals surface area contributed by atoms with E-state index in [0.29, 0.717) is 37.0 Å². The number of aliphatic carboxylic acids is 1. The number of rotatable bonds is 11. The highest BCUT2D eigenvalue weighted by Crippen LogP contribution is 2.46. The third-order valence-corrected chi connectivity index (χ3v) is 9.85. The zero-order valence-electron chi connectivity index (χ0n) is 24.2. The molecule has 2 aromatic rings. The molecule has 2 unspecified atom stereocenters. The monoisotopic (exact) mass is 579 g/mol. The van der Waals surface area contributed by atoms with Crippen LogP contribution in [0.5, 0.6) is 5.75 Å². The van der Waals surface area contributed by atoms with Crippen LogP contribution in [-0.2, 0) is 9.59 Å². The number of aliphatic hydroxyl groups excluding tert-OH is 1. The van der Waals surface area contributed by atoms with Crippen LogP contribution in [0.2, 0.25) is 0 Å². The standard InChI is InChI=1S/C32H41N3O5S/c1-20-5-10-29(40-18-25-9-6-22(14-21(25)2)31(39)34(3)11-4-12-36)27(13-20)28-19-41-32(33-28)35-16-23-7-8-24(17-35)26(23)15-30(37)38/h5-6,10,13-14,19,23-26,36H,4,7-9,11-12,15-18H2,1-3H3,(H,37,38)/t23-,24+,25?,26?. The average molecular weight is 580 g/mol. The van der Waals surface area contributed by atoms with Crippen molar-refractivity contribution in [3.63, 3.8) is 0 Å². The van der Waals surface area contributed by atoms with Crippen molar-refractivity contribution in [2.45, 2.75) is 46.0 Å². The molecule has 0 radical (unpaired) electrons. The minimum Gasteiger partial charge on any atom is -0.492 e. The first-order chi connectivity index (χ1) is 19.7. The summed E-state index contributed by atoms with van der Waals surface area (Å²) in [5, 5.41) is 21.5. The third-order valence-electron chi connectivity index (χ3n) is 8.95. The van der Waals surface area contributed by atoms with Gasteiger partial charge in [0.05, 0.1) is 12.3 Å². The normalized spacial score (nSPS) is 23.7. The zero-order chi connectivity index (χ0) is 29.1. The van der Waals surface area contributed by atoms with Gasteiger partial charge in [-0.3, -0.25) is 9.59 Å². The second-order valence-electron chi connectivity index (χ2n) is 11.9. The van der Waals surface area contributed by atoms with Crippen molar-refractivity contribution >= 4 is 28.3 Å². The molecule has 41 heavy (non-hydrogen) atoms. The minimum absolute atomic E-state index is 0.0172. The Morgan fingerprint density at radius 3 is 2.63 bits per heavy atom. The van der Waals surface area contributed by atoms with Gasteiger partial charge in [-0.15, -0.1) is 11.3 Å². The molecular weight excluding hydrogens is 538 g/mol. The van der Waals surface area contributed by atoms with E-state index in [1.165, 1.54) is 0 Å². The van der Waals surface area contributed by atoms with Crippen molar-refractivity contribution in [3.8, 4) is 17.0 Å². The van der Waals surface area contributed by atoms with Crippen LogP contribution in [0.15, 0.2) is 46.9 Å². The van der Waals surface area contributed by atoms with Crippen LogP contribution in [-0.4, -0.2) is 71.9 Å². The summed E-state index contributed by atoms with van der Waals surface area (Å²) in [5.41, 5.74) is 4.84. The van der Waals surface area contributed by atoms with Gasteiger partial charge in [0.25, 0.3) is 5.91 Å². The molecule has 1 aliphatic heterocycles. The van der Waals surface area contributed by atoms with Gasteiger partial charge in [0.15, 0.2) is 5.13 Å². The van der Waals surface area contributed by atoms with Crippen LogP contribution in [0.3, 0.4) is 0 Å². The molecule has 2 heterocycles. The number of thiazole rings is 1. The molecule has 2 aliphatic carbocycles. The number of aliphatic hydroxyl groups is 1. The highest BCUT2D eigenvalue weighted by Gasteiger charge is 2.43. The van der Waals surface area contributed by atoms with Crippen molar-refractivity contribution in [2.24, 2.45) is 23.7 Å². The molecule has 220 valence electrons. The molecule has 1 aromatic carbocycles. The number of carboxylic acid groups (broad SMARTS) is 1. The molecule has 1 saturated carbocycles. The van der Waals surface area contributed by atoms with E-state index in [1.54, 1.807) is 23.3 Å². The van der Waals surface area contributed by atoms with Crippen LogP contribution in [0, 0.1) is 30.6 Å². The second-order valence-corrected chi connectivity index (χ2v) is 12.7. The van der Waals surface area contributed by atoms with Crippen molar-refractivity contribution in [1.29, 1.82) is 0 Å². The molecule has 2 fully saturated rings. The number of benzene rings is 1. The lowest BCUT2D eigenvalue weighted by atomic mass is 9.83. The molecule has 2 N–H and O–H groups in total. The van der Waals surface area contributed by atoms with E-state index < -0.39 is 5.97 Å². The minimum atomic E-state index is -0.686. The highest BCUT2D eigenvalue weighted by molar-refractivity contribution is 7.14. The first-order valence-electron chi connectivity index (χ1n) is 14.6. The Kier molecular flexibility index (Phi) is 9.14. The van der Waals surface area contributed by atoms with E-state index in [4.69, 9.17) is 14.8 Å². The number of piperidine rings is 1. The van der Waals surface area contributed by atoms with Crippen LogP contribution in [0.25, 0.3) is 11.3 Å². The topological polar surface area (TPSA) is 103 Å². The Labute approximate surface area is 246 Å². The van der Waals surface area contributed by atoms with Gasteiger partial charge in [0.1, 0.15) is 5.75 Å². The first kappa shape index (κ1) is 29.3. The lowest BCUT2D eigenvalue weighted by molar-refractivity contribution is -0.138. The van der Waals surface area contributed by atoms with Crippen LogP contribution >= 0.6 is 11.3 Å². The summed E-state index contributed by atoms with van der Waals surface area (Å²) in [5.74, 6) is 1.41. The maximum Gasteiger partial charge on any atom is 0.303 e. The average Bonchev–Trinajstić information content (AvgIpc) is 3.52. The van der Waals surface area contributed by atoms with E-state index in [9.17, 15) is 14.7 Å². The summed E-state index contributed by atoms with van der Waals surface area (Å²) >= 11 is 1.65. The Hall–Kier alpha value is -3.17. The molecule has 0 spiro atoms. The predicted octanol–water partition coefficient (Wildman–Crippen LogP) is 5.17. The Bertz CT molecular complexity index is 1320. The fourth-order valence-electron chi connectivity index (χ4n) is 6.58. The molecule has 8 nitrogen and oxygen atoms in total. The lowest BCUT2D eigenvalue weighted by Crippen LogP contribution is -2.42. The molecular formula is C32H41N3O5S. The summed E-state index contributed by atoms with van der Waals surface area (Å²) < 4.78 is 6.40. The molecule has 4 atom stereocenters. The van der Waals surface area contributed by atoms with Gasteiger partial charge in [-0.05, 0) is 69.4 Å². The van der Waals surface area contributed by atoms with Gasteiger partial charge >= 0.3 is 5.97 Å². The number of aryl methyl sites for hydroxylation is 1. The number of likely N-dealkylation sites (N-methyl/N-ethyl adjacent to an activating group) is 1. The number of ether oxygens (including phenoxy) is 1. The maximum atomic E-state index is 12.8. The predicted molar refractivity (Wildman–Crippen MR) is 161 cm³/mol. The fourth-order valence-corrected chi connectivity index (χ4v) is 7.42. The molecule has 1 aromatic heterocycles. The highest BCUT2D eigenvalue weighted by atomic mass is 32.1. The van der Waals surface area contributed by atoms with E-state index in [1.807, 2.05) is 18.2 Å². The number of hydrogen-bond donors (Lipinski definition) is 2. The number of nitrogens with zero attached hydrogens (tertiary/aromatic N) is 3. The number of fused-ring (bicyclic) bond motifs is 2. The molecule has 5 rings (SSSR count). The van der Waals surface area contributed by atoms with Crippen molar-refractivity contribution in [1.82, 2.24) is 9.88 Å². The molecule has 2 bridgehead atoms. The fraction of sp³-hybridized carbons (Fsp3) is 0.531. The summed E-state index contributed by atoms with van der Waals surface area (Å²) in [6.07, 6.45) is 7.75. The molecule has 9 heteroatoms. The van der Waals surface area contributed by atoms with Gasteiger partial charge in [-0.1, -0.05) is 29.4 Å². The van der Waals surface area contributed by atoms with Crippen molar-refractivity contribution in [3.05, 3.63) is 52.4 Å². The number of allylic oxidation sites excluding steroid dienone is 1. The number of carboxylic acids is 1. The Balaban J connectivity index is 1.24. The molecule has 1 saturated heterocycles. The van der Waals surface area contributed by atoms with Crippen molar-refractivity contribution in [2.75, 3.05) is 44.8 Å². The van der Waals surface area contributed by atoms with Gasteiger partial charge in [-0.25, -0.2) is 4.98 Å². The molecule has 1 amide bonds. The quantitative estimate of drug-likeness (QED) is 0.379. The number of carbonyl (C=O) groups excluding carboxylic acids is 1. The van der Waals surface area contributed by atoms with Crippen molar-refractivity contribution < 1.29 is 24.5 Å². The number of hydrogen-bond acceptors (Lipinski definition) is 7. The Morgan fingerprint density at radius 1 is 1.20 bits per heavy atom. The zero-order valence-corrected chi connectivity index (χ0v) is 25.0. The summed E-state index contributed by atoms with van der Waals surface area (Å²) in [6, 6.07) is 6.20. The number of amides is 1. The van der Waals surface area contributed by atoms with Crippen LogP contribution in [0.1, 0.15) is 44.6 Å². The van der Waals surface area contributed by atoms with Gasteiger partial charge in [0, 0.05) is 62.1 Å². The number of aromatic nitrogens is 1. The summed E-state index contributed by atoms with van der Waals surface area (Å²) in [7, 11) is 1.77. The van der Waals surface area contributed by atoms with Gasteiger partial charge in [-0.2, -0.15) is 0 Å². The van der Waals surface area contributed by atoms with Crippen LogP contribution in [0.4, 0.5) is 5.13 Å². The number of carbonyl (C=O) groups is 2.